The number of thiazole rings is 1. The van der Waals surface area contributed by atoms with Crippen molar-refractivity contribution < 1.29 is 14.4 Å². The van der Waals surface area contributed by atoms with Crippen molar-refractivity contribution in [3.63, 3.8) is 0 Å². The average molecular weight is 359 g/mol. The molecule has 0 fully saturated rings. The number of methoxy groups -OCH3 is 2. The van der Waals surface area contributed by atoms with Crippen LogP contribution in [-0.4, -0.2) is 24.1 Å². The number of hydrogen-bond acceptors (Lipinski definition) is 6. The number of nitrogens with zero attached hydrogens (tertiary/aromatic N) is 2. The van der Waals surface area contributed by atoms with Gasteiger partial charge in [0.15, 0.2) is 11.5 Å². The summed E-state index contributed by atoms with van der Waals surface area (Å²) in [4.78, 5) is 15.1. The van der Waals surface area contributed by atoms with Gasteiger partial charge in [-0.05, 0) is 22.9 Å². The SMILES string of the molecule is COc1cc(-c2nc(C)sc2Br)c([N+](=O)[O-])cc1OC. The lowest BCUT2D eigenvalue weighted by atomic mass is 10.1. The van der Waals surface area contributed by atoms with E-state index < -0.39 is 4.92 Å². The third kappa shape index (κ3) is 2.61. The normalized spacial score (nSPS) is 10.4. The minimum atomic E-state index is -0.460. The molecule has 0 amide bonds. The second-order valence-electron chi connectivity index (χ2n) is 3.84. The third-order valence-corrected chi connectivity index (χ3v) is 4.27. The Labute approximate surface area is 127 Å². The van der Waals surface area contributed by atoms with Crippen LogP contribution in [-0.2, 0) is 0 Å². The van der Waals surface area contributed by atoms with Crippen molar-refractivity contribution in [3.05, 3.63) is 31.0 Å². The summed E-state index contributed by atoms with van der Waals surface area (Å²) in [5.74, 6) is 0.733. The quantitative estimate of drug-likeness (QED) is 0.613. The van der Waals surface area contributed by atoms with Crippen molar-refractivity contribution in [2.75, 3.05) is 14.2 Å². The van der Waals surface area contributed by atoms with Gasteiger partial charge in [0.25, 0.3) is 5.69 Å². The second kappa shape index (κ2) is 5.76. The minimum absolute atomic E-state index is 0.0753. The predicted octanol–water partition coefficient (Wildman–Crippen LogP) is 3.81. The van der Waals surface area contributed by atoms with Crippen LogP contribution >= 0.6 is 27.3 Å². The first-order valence-electron chi connectivity index (χ1n) is 5.51. The number of benzene rings is 1. The van der Waals surface area contributed by atoms with Gasteiger partial charge in [-0.2, -0.15) is 0 Å². The molecule has 0 N–H and O–H groups in total. The number of rotatable bonds is 4. The molecule has 0 unspecified atom stereocenters. The lowest BCUT2D eigenvalue weighted by Crippen LogP contribution is -1.97. The fourth-order valence-electron chi connectivity index (χ4n) is 1.78. The summed E-state index contributed by atoms with van der Waals surface area (Å²) in [6.07, 6.45) is 0. The van der Waals surface area contributed by atoms with Crippen LogP contribution in [0.3, 0.4) is 0 Å². The monoisotopic (exact) mass is 358 g/mol. The molecule has 0 saturated heterocycles. The van der Waals surface area contributed by atoms with E-state index >= 15 is 0 Å². The first-order chi connectivity index (χ1) is 9.47. The Morgan fingerprint density at radius 2 is 1.90 bits per heavy atom. The lowest BCUT2D eigenvalue weighted by Gasteiger charge is -2.09. The molecule has 0 aliphatic rings. The van der Waals surface area contributed by atoms with Crippen LogP contribution in [0.15, 0.2) is 15.9 Å². The average Bonchev–Trinajstić information content (AvgIpc) is 2.75. The van der Waals surface area contributed by atoms with Crippen LogP contribution in [0.25, 0.3) is 11.3 Å². The Hall–Kier alpha value is -1.67. The van der Waals surface area contributed by atoms with Crippen molar-refractivity contribution >= 4 is 33.0 Å². The Morgan fingerprint density at radius 3 is 2.35 bits per heavy atom. The third-order valence-electron chi connectivity index (χ3n) is 2.65. The summed E-state index contributed by atoms with van der Waals surface area (Å²) in [6.45, 7) is 1.84. The summed E-state index contributed by atoms with van der Waals surface area (Å²) in [5.41, 5.74) is 0.845. The van der Waals surface area contributed by atoms with E-state index in [4.69, 9.17) is 9.47 Å². The van der Waals surface area contributed by atoms with Gasteiger partial charge in [0, 0.05) is 6.07 Å². The first-order valence-corrected chi connectivity index (χ1v) is 7.12. The van der Waals surface area contributed by atoms with Crippen molar-refractivity contribution in [2.45, 2.75) is 6.92 Å². The molecular formula is C12H11BrN2O4S. The predicted molar refractivity (Wildman–Crippen MR) is 79.7 cm³/mol. The molecule has 1 heterocycles. The van der Waals surface area contributed by atoms with Crippen LogP contribution < -0.4 is 9.47 Å². The maximum atomic E-state index is 11.3. The van der Waals surface area contributed by atoms with Gasteiger partial charge >= 0.3 is 0 Å². The molecule has 0 atom stereocenters. The number of nitro benzene ring substituents is 1. The maximum absolute atomic E-state index is 11.3. The minimum Gasteiger partial charge on any atom is -0.493 e. The molecule has 0 spiro atoms. The molecule has 6 nitrogen and oxygen atoms in total. The molecule has 106 valence electrons. The van der Waals surface area contributed by atoms with Crippen molar-refractivity contribution in [2.24, 2.45) is 0 Å². The molecule has 0 saturated carbocycles. The fraction of sp³-hybridized carbons (Fsp3) is 0.250. The molecule has 2 rings (SSSR count). The van der Waals surface area contributed by atoms with Crippen LogP contribution in [0.2, 0.25) is 0 Å². The van der Waals surface area contributed by atoms with Crippen LogP contribution in [0.1, 0.15) is 5.01 Å². The van der Waals surface area contributed by atoms with E-state index in [9.17, 15) is 10.1 Å². The molecule has 0 radical (unpaired) electrons. The van der Waals surface area contributed by atoms with E-state index in [2.05, 4.69) is 20.9 Å². The van der Waals surface area contributed by atoms with Gasteiger partial charge in [0.2, 0.25) is 0 Å². The molecule has 0 aliphatic carbocycles. The summed E-state index contributed by atoms with van der Waals surface area (Å²) < 4.78 is 11.0. The number of ether oxygens (including phenoxy) is 2. The van der Waals surface area contributed by atoms with Gasteiger partial charge < -0.3 is 9.47 Å². The largest absolute Gasteiger partial charge is 0.493 e. The Bertz CT molecular complexity index is 672. The Morgan fingerprint density at radius 1 is 1.30 bits per heavy atom. The number of aryl methyl sites for hydroxylation is 1. The van der Waals surface area contributed by atoms with Crippen LogP contribution in [0.4, 0.5) is 5.69 Å². The van der Waals surface area contributed by atoms with Crippen molar-refractivity contribution in [3.8, 4) is 22.8 Å². The molecule has 2 aromatic rings. The zero-order valence-corrected chi connectivity index (χ0v) is 13.4. The molecular weight excluding hydrogens is 348 g/mol. The molecule has 20 heavy (non-hydrogen) atoms. The highest BCUT2D eigenvalue weighted by molar-refractivity contribution is 9.11. The van der Waals surface area contributed by atoms with Crippen LogP contribution in [0, 0.1) is 17.0 Å². The second-order valence-corrected chi connectivity index (χ2v) is 6.36. The highest BCUT2D eigenvalue weighted by Gasteiger charge is 2.24. The molecule has 0 aliphatic heterocycles. The molecule has 0 bridgehead atoms. The van der Waals surface area contributed by atoms with Crippen molar-refractivity contribution in [1.82, 2.24) is 4.98 Å². The standard InChI is InChI=1S/C12H11BrN2O4S/c1-6-14-11(12(13)20-6)7-4-9(18-2)10(19-3)5-8(7)15(16)17/h4-5H,1-3H3. The van der Waals surface area contributed by atoms with Gasteiger partial charge in [-0.1, -0.05) is 0 Å². The van der Waals surface area contributed by atoms with E-state index in [0.29, 0.717) is 22.8 Å². The van der Waals surface area contributed by atoms with E-state index in [-0.39, 0.29) is 5.69 Å². The summed E-state index contributed by atoms with van der Waals surface area (Å²) in [6, 6.07) is 2.91. The van der Waals surface area contributed by atoms with Gasteiger partial charge in [-0.25, -0.2) is 4.98 Å². The smallest absolute Gasteiger partial charge is 0.282 e. The van der Waals surface area contributed by atoms with E-state index in [0.717, 1.165) is 8.79 Å². The Kier molecular flexibility index (Phi) is 4.24. The summed E-state index contributed by atoms with van der Waals surface area (Å²) >= 11 is 4.80. The molecule has 1 aromatic heterocycles. The topological polar surface area (TPSA) is 74.5 Å². The van der Waals surface area contributed by atoms with Gasteiger partial charge in [0.1, 0.15) is 5.69 Å². The number of nitro groups is 1. The summed E-state index contributed by atoms with van der Waals surface area (Å²) in [5, 5.41) is 12.1. The zero-order valence-electron chi connectivity index (χ0n) is 11.0. The summed E-state index contributed by atoms with van der Waals surface area (Å²) in [7, 11) is 2.92. The van der Waals surface area contributed by atoms with E-state index in [1.54, 1.807) is 6.07 Å². The number of hydrogen-bond donors (Lipinski definition) is 0. The molecule has 1 aromatic carbocycles. The van der Waals surface area contributed by atoms with Gasteiger partial charge in [0.05, 0.1) is 39.6 Å². The maximum Gasteiger partial charge on any atom is 0.282 e. The molecule has 8 heteroatoms. The van der Waals surface area contributed by atoms with E-state index in [1.165, 1.54) is 31.6 Å². The lowest BCUT2D eigenvalue weighted by molar-refractivity contribution is -0.384. The van der Waals surface area contributed by atoms with Gasteiger partial charge in [-0.15, -0.1) is 11.3 Å². The highest BCUT2D eigenvalue weighted by Crippen LogP contribution is 2.43. The van der Waals surface area contributed by atoms with E-state index in [1.807, 2.05) is 6.92 Å². The Balaban J connectivity index is 2.73. The first kappa shape index (κ1) is 14.7. The van der Waals surface area contributed by atoms with Gasteiger partial charge in [-0.3, -0.25) is 10.1 Å². The highest BCUT2D eigenvalue weighted by atomic mass is 79.9. The fourth-order valence-corrected chi connectivity index (χ4v) is 3.43. The van der Waals surface area contributed by atoms with Crippen molar-refractivity contribution in [1.29, 1.82) is 0 Å². The number of halogens is 1. The number of aromatic nitrogens is 1. The zero-order chi connectivity index (χ0) is 14.9. The van der Waals surface area contributed by atoms with Crippen LogP contribution in [0.5, 0.6) is 11.5 Å².